The van der Waals surface area contributed by atoms with E-state index >= 15 is 0 Å². The number of amides is 2. The van der Waals surface area contributed by atoms with E-state index in [0.29, 0.717) is 25.9 Å². The third-order valence-electron chi connectivity index (χ3n) is 3.23. The van der Waals surface area contributed by atoms with Crippen LogP contribution in [-0.4, -0.2) is 40.6 Å². The highest BCUT2D eigenvalue weighted by Crippen LogP contribution is 2.30. The van der Waals surface area contributed by atoms with Gasteiger partial charge in [0, 0.05) is 13.1 Å². The van der Waals surface area contributed by atoms with E-state index in [4.69, 9.17) is 0 Å². The molecular formula is C12H20N2O3. The van der Waals surface area contributed by atoms with Crippen LogP contribution in [0.1, 0.15) is 32.6 Å². The molecule has 0 saturated heterocycles. The summed E-state index contributed by atoms with van der Waals surface area (Å²) in [6.45, 7) is 6.39. The molecule has 0 aromatic carbocycles. The van der Waals surface area contributed by atoms with Crippen LogP contribution in [0.5, 0.6) is 0 Å². The van der Waals surface area contributed by atoms with Crippen molar-refractivity contribution in [2.24, 2.45) is 0 Å². The van der Waals surface area contributed by atoms with Crippen molar-refractivity contribution >= 4 is 12.0 Å². The highest BCUT2D eigenvalue weighted by molar-refractivity contribution is 5.86. The van der Waals surface area contributed by atoms with Gasteiger partial charge in [0.2, 0.25) is 0 Å². The van der Waals surface area contributed by atoms with Crippen LogP contribution in [-0.2, 0) is 4.79 Å². The lowest BCUT2D eigenvalue weighted by Crippen LogP contribution is -2.56. The number of rotatable bonds is 5. The van der Waals surface area contributed by atoms with Crippen molar-refractivity contribution < 1.29 is 14.7 Å². The fourth-order valence-corrected chi connectivity index (χ4v) is 2.17. The van der Waals surface area contributed by atoms with Crippen molar-refractivity contribution in [3.63, 3.8) is 0 Å². The van der Waals surface area contributed by atoms with Gasteiger partial charge in [0.15, 0.2) is 0 Å². The predicted octanol–water partition coefficient (Wildman–Crippen LogP) is 1.60. The van der Waals surface area contributed by atoms with Crippen molar-refractivity contribution in [1.82, 2.24) is 10.2 Å². The summed E-state index contributed by atoms with van der Waals surface area (Å²) < 4.78 is 0. The molecular weight excluding hydrogens is 220 g/mol. The third-order valence-corrected chi connectivity index (χ3v) is 3.23. The molecule has 0 heterocycles. The largest absolute Gasteiger partial charge is 0.480 e. The smallest absolute Gasteiger partial charge is 0.329 e. The normalized spacial score (nSPS) is 17.5. The van der Waals surface area contributed by atoms with Gasteiger partial charge in [0.1, 0.15) is 5.54 Å². The molecule has 0 aliphatic heterocycles. The first-order valence-electron chi connectivity index (χ1n) is 5.97. The first kappa shape index (κ1) is 13.5. The van der Waals surface area contributed by atoms with Crippen LogP contribution < -0.4 is 5.32 Å². The van der Waals surface area contributed by atoms with Gasteiger partial charge in [-0.1, -0.05) is 18.9 Å². The van der Waals surface area contributed by atoms with E-state index in [9.17, 15) is 14.7 Å². The molecule has 0 radical (unpaired) electrons. The van der Waals surface area contributed by atoms with E-state index in [0.717, 1.165) is 12.8 Å². The van der Waals surface area contributed by atoms with Gasteiger partial charge >= 0.3 is 12.0 Å². The second-order valence-electron chi connectivity index (χ2n) is 4.35. The highest BCUT2D eigenvalue weighted by Gasteiger charge is 2.43. The van der Waals surface area contributed by atoms with Crippen LogP contribution in [0.15, 0.2) is 12.7 Å². The number of aliphatic carboxylic acids is 1. The van der Waals surface area contributed by atoms with Crippen LogP contribution >= 0.6 is 0 Å². The Labute approximate surface area is 101 Å². The van der Waals surface area contributed by atoms with E-state index in [2.05, 4.69) is 11.9 Å². The summed E-state index contributed by atoms with van der Waals surface area (Å²) >= 11 is 0. The molecule has 1 fully saturated rings. The molecule has 1 aliphatic rings. The Bertz CT molecular complexity index is 309. The molecule has 0 aromatic heterocycles. The summed E-state index contributed by atoms with van der Waals surface area (Å²) in [6.07, 6.45) is 4.35. The molecule has 96 valence electrons. The zero-order valence-electron chi connectivity index (χ0n) is 10.2. The van der Waals surface area contributed by atoms with E-state index in [-0.39, 0.29) is 6.03 Å². The fourth-order valence-electron chi connectivity index (χ4n) is 2.17. The minimum absolute atomic E-state index is 0.322. The number of carboxylic acids is 1. The molecule has 0 spiro atoms. The summed E-state index contributed by atoms with van der Waals surface area (Å²) in [5, 5.41) is 11.9. The molecule has 0 bridgehead atoms. The number of carboxylic acid groups (broad SMARTS) is 1. The molecule has 0 aromatic rings. The van der Waals surface area contributed by atoms with Crippen molar-refractivity contribution in [2.75, 3.05) is 13.1 Å². The van der Waals surface area contributed by atoms with Crippen LogP contribution in [0.25, 0.3) is 0 Å². The highest BCUT2D eigenvalue weighted by atomic mass is 16.4. The van der Waals surface area contributed by atoms with Gasteiger partial charge < -0.3 is 15.3 Å². The standard InChI is InChI=1S/C12H20N2O3/c1-3-9-14(4-2)11(17)13-12(10(15)16)7-5-6-8-12/h3H,1,4-9H2,2H3,(H,13,17)(H,15,16). The monoisotopic (exact) mass is 240 g/mol. The molecule has 2 N–H and O–H groups in total. The van der Waals surface area contributed by atoms with Crippen LogP contribution in [0, 0.1) is 0 Å². The second kappa shape index (κ2) is 5.70. The maximum atomic E-state index is 11.9. The number of urea groups is 1. The maximum Gasteiger partial charge on any atom is 0.329 e. The minimum Gasteiger partial charge on any atom is -0.480 e. The third kappa shape index (κ3) is 2.99. The molecule has 1 aliphatic carbocycles. The molecule has 17 heavy (non-hydrogen) atoms. The molecule has 5 heteroatoms. The number of nitrogens with zero attached hydrogens (tertiary/aromatic N) is 1. The number of carbonyl (C=O) groups is 2. The number of likely N-dealkylation sites (N-methyl/N-ethyl adjacent to an activating group) is 1. The maximum absolute atomic E-state index is 11.9. The molecule has 0 atom stereocenters. The van der Waals surface area contributed by atoms with Gasteiger partial charge in [-0.25, -0.2) is 9.59 Å². The SMILES string of the molecule is C=CCN(CC)C(=O)NC1(C(=O)O)CCCC1. The van der Waals surface area contributed by atoms with Gasteiger partial charge in [-0.05, 0) is 19.8 Å². The summed E-state index contributed by atoms with van der Waals surface area (Å²) in [6, 6.07) is -0.322. The van der Waals surface area contributed by atoms with Gasteiger partial charge in [0.25, 0.3) is 0 Å². The van der Waals surface area contributed by atoms with Gasteiger partial charge in [-0.2, -0.15) is 0 Å². The Hall–Kier alpha value is -1.52. The lowest BCUT2D eigenvalue weighted by molar-refractivity contribution is -0.144. The molecule has 0 unspecified atom stereocenters. The number of carbonyl (C=O) groups excluding carboxylic acids is 1. The Kier molecular flexibility index (Phi) is 4.54. The van der Waals surface area contributed by atoms with Crippen LogP contribution in [0.2, 0.25) is 0 Å². The zero-order chi connectivity index (χ0) is 12.9. The Morgan fingerprint density at radius 1 is 1.47 bits per heavy atom. The molecule has 1 saturated carbocycles. The Morgan fingerprint density at radius 2 is 2.06 bits per heavy atom. The lowest BCUT2D eigenvalue weighted by atomic mass is 9.98. The fraction of sp³-hybridized carbons (Fsp3) is 0.667. The average molecular weight is 240 g/mol. The quantitative estimate of drug-likeness (QED) is 0.717. The van der Waals surface area contributed by atoms with Crippen molar-refractivity contribution in [3.05, 3.63) is 12.7 Å². The van der Waals surface area contributed by atoms with E-state index in [1.54, 1.807) is 6.08 Å². The number of nitrogens with one attached hydrogen (secondary N) is 1. The van der Waals surface area contributed by atoms with Gasteiger partial charge in [0.05, 0.1) is 0 Å². The topological polar surface area (TPSA) is 69.6 Å². The van der Waals surface area contributed by atoms with Crippen molar-refractivity contribution in [3.8, 4) is 0 Å². The minimum atomic E-state index is -1.06. The van der Waals surface area contributed by atoms with Crippen molar-refractivity contribution in [2.45, 2.75) is 38.1 Å². The molecule has 5 nitrogen and oxygen atoms in total. The van der Waals surface area contributed by atoms with Crippen molar-refractivity contribution in [1.29, 1.82) is 0 Å². The van der Waals surface area contributed by atoms with Crippen LogP contribution in [0.4, 0.5) is 4.79 Å². The summed E-state index contributed by atoms with van der Waals surface area (Å²) in [4.78, 5) is 24.7. The lowest BCUT2D eigenvalue weighted by Gasteiger charge is -2.29. The zero-order valence-corrected chi connectivity index (χ0v) is 10.2. The predicted molar refractivity (Wildman–Crippen MR) is 64.8 cm³/mol. The summed E-state index contributed by atoms with van der Waals surface area (Å²) in [5.41, 5.74) is -1.06. The summed E-state index contributed by atoms with van der Waals surface area (Å²) in [7, 11) is 0. The Balaban J connectivity index is 2.70. The van der Waals surface area contributed by atoms with E-state index in [1.165, 1.54) is 4.90 Å². The second-order valence-corrected chi connectivity index (χ2v) is 4.35. The average Bonchev–Trinajstić information content (AvgIpc) is 2.75. The summed E-state index contributed by atoms with van der Waals surface area (Å²) in [5.74, 6) is -0.932. The molecule has 2 amide bonds. The Morgan fingerprint density at radius 3 is 2.47 bits per heavy atom. The number of hydrogen-bond acceptors (Lipinski definition) is 2. The number of hydrogen-bond donors (Lipinski definition) is 2. The van der Waals surface area contributed by atoms with E-state index < -0.39 is 11.5 Å². The van der Waals surface area contributed by atoms with E-state index in [1.807, 2.05) is 6.92 Å². The first-order valence-corrected chi connectivity index (χ1v) is 5.97. The first-order chi connectivity index (χ1) is 8.05. The van der Waals surface area contributed by atoms with Gasteiger partial charge in [-0.15, -0.1) is 6.58 Å². The van der Waals surface area contributed by atoms with Gasteiger partial charge in [-0.3, -0.25) is 0 Å². The molecule has 1 rings (SSSR count). The van der Waals surface area contributed by atoms with Crippen LogP contribution in [0.3, 0.4) is 0 Å².